The minimum Gasteiger partial charge on any atom is -0.274 e. The molecular weight excluding hydrogens is 286 g/mol. The van der Waals surface area contributed by atoms with Crippen molar-refractivity contribution in [1.82, 2.24) is 4.90 Å². The van der Waals surface area contributed by atoms with Gasteiger partial charge in [0.15, 0.2) is 0 Å². The summed E-state index contributed by atoms with van der Waals surface area (Å²) in [6.07, 6.45) is 0.609. The van der Waals surface area contributed by atoms with Gasteiger partial charge in [0.2, 0.25) is 0 Å². The summed E-state index contributed by atoms with van der Waals surface area (Å²) in [6, 6.07) is 12.6. The van der Waals surface area contributed by atoms with Crippen molar-refractivity contribution >= 4 is 23.4 Å². The van der Waals surface area contributed by atoms with Crippen molar-refractivity contribution in [1.29, 1.82) is 0 Å². The molecule has 0 radical (unpaired) electrons. The van der Waals surface area contributed by atoms with Gasteiger partial charge >= 0.3 is 0 Å². The van der Waals surface area contributed by atoms with Crippen LogP contribution in [0.4, 0.5) is 0 Å². The molecule has 0 N–H and O–H groups in total. The number of fused-ring (bicyclic) bond motifs is 1. The average molecular weight is 300 g/mol. The van der Waals surface area contributed by atoms with Crippen LogP contribution in [-0.2, 0) is 6.42 Å². The van der Waals surface area contributed by atoms with Crippen LogP contribution in [0.15, 0.2) is 42.5 Å². The molecule has 2 amide bonds. The first-order chi connectivity index (χ1) is 10.1. The van der Waals surface area contributed by atoms with Gasteiger partial charge in [-0.1, -0.05) is 35.9 Å². The van der Waals surface area contributed by atoms with Crippen LogP contribution in [0.2, 0.25) is 5.02 Å². The molecule has 0 saturated heterocycles. The molecule has 3 rings (SSSR count). The molecule has 2 aromatic rings. The summed E-state index contributed by atoms with van der Waals surface area (Å²) >= 11 is 6.09. The highest BCUT2D eigenvalue weighted by Crippen LogP contribution is 2.24. The highest BCUT2D eigenvalue weighted by atomic mass is 35.5. The maximum Gasteiger partial charge on any atom is 0.261 e. The van der Waals surface area contributed by atoms with Gasteiger partial charge in [0.1, 0.15) is 0 Å². The Labute approximate surface area is 128 Å². The molecule has 1 aliphatic heterocycles. The zero-order chi connectivity index (χ0) is 15.0. The highest BCUT2D eigenvalue weighted by Gasteiger charge is 2.34. The second-order valence-corrected chi connectivity index (χ2v) is 5.49. The van der Waals surface area contributed by atoms with Crippen LogP contribution in [0.1, 0.15) is 31.8 Å². The van der Waals surface area contributed by atoms with E-state index in [0.717, 1.165) is 11.1 Å². The lowest BCUT2D eigenvalue weighted by molar-refractivity contribution is 0.0656. The van der Waals surface area contributed by atoms with Gasteiger partial charge in [-0.3, -0.25) is 14.5 Å². The molecule has 1 aliphatic rings. The van der Waals surface area contributed by atoms with Crippen molar-refractivity contribution in [3.8, 4) is 0 Å². The molecule has 0 spiro atoms. The Morgan fingerprint density at radius 1 is 0.952 bits per heavy atom. The molecule has 3 nitrogen and oxygen atoms in total. The molecular formula is C17H14ClNO2. The quantitative estimate of drug-likeness (QED) is 0.814. The van der Waals surface area contributed by atoms with Crippen LogP contribution in [0.3, 0.4) is 0 Å². The Morgan fingerprint density at radius 2 is 1.57 bits per heavy atom. The van der Waals surface area contributed by atoms with E-state index in [-0.39, 0.29) is 11.8 Å². The second-order valence-electron chi connectivity index (χ2n) is 5.08. The molecule has 0 aliphatic carbocycles. The van der Waals surface area contributed by atoms with Gasteiger partial charge in [-0.2, -0.15) is 0 Å². The summed E-state index contributed by atoms with van der Waals surface area (Å²) in [5.74, 6) is -0.425. The Bertz CT molecular complexity index is 704. The summed E-state index contributed by atoms with van der Waals surface area (Å²) in [6.45, 7) is 2.31. The third-order valence-electron chi connectivity index (χ3n) is 3.86. The first kappa shape index (κ1) is 13.8. The number of hydrogen-bond donors (Lipinski definition) is 0. The van der Waals surface area contributed by atoms with E-state index in [0.29, 0.717) is 29.1 Å². The molecule has 21 heavy (non-hydrogen) atoms. The maximum atomic E-state index is 12.3. The molecule has 0 bridgehead atoms. The van der Waals surface area contributed by atoms with Crippen LogP contribution in [0, 0.1) is 6.92 Å². The van der Waals surface area contributed by atoms with E-state index in [2.05, 4.69) is 0 Å². The monoisotopic (exact) mass is 299 g/mol. The van der Waals surface area contributed by atoms with Crippen molar-refractivity contribution in [2.75, 3.05) is 6.54 Å². The molecule has 0 aromatic heterocycles. The number of benzene rings is 2. The molecule has 0 saturated carbocycles. The number of rotatable bonds is 3. The van der Waals surface area contributed by atoms with E-state index in [9.17, 15) is 9.59 Å². The SMILES string of the molecule is Cc1c(Cl)cccc1CCN1C(=O)c2ccccc2C1=O. The van der Waals surface area contributed by atoms with E-state index in [1.54, 1.807) is 24.3 Å². The maximum absolute atomic E-state index is 12.3. The van der Waals surface area contributed by atoms with Gasteiger partial charge in [-0.15, -0.1) is 0 Å². The summed E-state index contributed by atoms with van der Waals surface area (Å²) in [4.78, 5) is 25.8. The zero-order valence-electron chi connectivity index (χ0n) is 11.6. The molecule has 4 heteroatoms. The van der Waals surface area contributed by atoms with E-state index in [1.165, 1.54) is 4.90 Å². The topological polar surface area (TPSA) is 37.4 Å². The Kier molecular flexibility index (Phi) is 3.52. The first-order valence-corrected chi connectivity index (χ1v) is 7.16. The van der Waals surface area contributed by atoms with Crippen LogP contribution in [0.5, 0.6) is 0 Å². The fourth-order valence-corrected chi connectivity index (χ4v) is 2.79. The zero-order valence-corrected chi connectivity index (χ0v) is 12.4. The van der Waals surface area contributed by atoms with E-state index < -0.39 is 0 Å². The van der Waals surface area contributed by atoms with Crippen LogP contribution < -0.4 is 0 Å². The van der Waals surface area contributed by atoms with E-state index in [4.69, 9.17) is 11.6 Å². The van der Waals surface area contributed by atoms with Crippen molar-refractivity contribution in [2.45, 2.75) is 13.3 Å². The minimum atomic E-state index is -0.213. The van der Waals surface area contributed by atoms with Crippen molar-refractivity contribution in [2.24, 2.45) is 0 Å². The van der Waals surface area contributed by atoms with Gasteiger partial charge in [0, 0.05) is 11.6 Å². The van der Waals surface area contributed by atoms with Crippen LogP contribution in [0.25, 0.3) is 0 Å². The Hall–Kier alpha value is -2.13. The highest BCUT2D eigenvalue weighted by molar-refractivity contribution is 6.31. The summed E-state index contributed by atoms with van der Waals surface area (Å²) in [5.41, 5.74) is 3.03. The van der Waals surface area contributed by atoms with Gasteiger partial charge < -0.3 is 0 Å². The molecule has 106 valence electrons. The molecule has 0 fully saturated rings. The fourth-order valence-electron chi connectivity index (χ4n) is 2.60. The number of carbonyl (C=O) groups is 2. The van der Waals surface area contributed by atoms with E-state index in [1.807, 2.05) is 25.1 Å². The molecule has 0 atom stereocenters. The Morgan fingerprint density at radius 3 is 2.19 bits per heavy atom. The number of amides is 2. The van der Waals surface area contributed by atoms with Crippen LogP contribution in [-0.4, -0.2) is 23.3 Å². The first-order valence-electron chi connectivity index (χ1n) is 6.79. The molecule has 0 unspecified atom stereocenters. The number of imide groups is 1. The lowest BCUT2D eigenvalue weighted by Crippen LogP contribution is -2.31. The predicted octanol–water partition coefficient (Wildman–Crippen LogP) is 3.49. The number of carbonyl (C=O) groups excluding carboxylic acids is 2. The number of nitrogens with zero attached hydrogens (tertiary/aromatic N) is 1. The smallest absolute Gasteiger partial charge is 0.261 e. The lowest BCUT2D eigenvalue weighted by atomic mass is 10.1. The standard InChI is InChI=1S/C17H14ClNO2/c1-11-12(5-4-8-15(11)18)9-10-19-16(20)13-6-2-3-7-14(13)17(19)21/h2-8H,9-10H2,1H3. The third kappa shape index (κ3) is 2.34. The van der Waals surface area contributed by atoms with E-state index >= 15 is 0 Å². The second kappa shape index (κ2) is 5.34. The van der Waals surface area contributed by atoms with Gasteiger partial charge in [-0.05, 0) is 42.7 Å². The fraction of sp³-hybridized carbons (Fsp3) is 0.176. The largest absolute Gasteiger partial charge is 0.274 e. The normalized spacial score (nSPS) is 13.7. The van der Waals surface area contributed by atoms with Gasteiger partial charge in [0.05, 0.1) is 11.1 Å². The Balaban J connectivity index is 1.80. The van der Waals surface area contributed by atoms with Crippen molar-refractivity contribution < 1.29 is 9.59 Å². The summed E-state index contributed by atoms with van der Waals surface area (Å²) in [7, 11) is 0. The van der Waals surface area contributed by atoms with Gasteiger partial charge in [-0.25, -0.2) is 0 Å². The lowest BCUT2D eigenvalue weighted by Gasteiger charge is -2.15. The van der Waals surface area contributed by atoms with Crippen molar-refractivity contribution in [3.63, 3.8) is 0 Å². The molecule has 1 heterocycles. The third-order valence-corrected chi connectivity index (χ3v) is 4.27. The summed E-state index contributed by atoms with van der Waals surface area (Å²) in [5, 5.41) is 0.704. The van der Waals surface area contributed by atoms with Crippen molar-refractivity contribution in [3.05, 3.63) is 69.7 Å². The molecule has 2 aromatic carbocycles. The van der Waals surface area contributed by atoms with Gasteiger partial charge in [0.25, 0.3) is 11.8 Å². The number of hydrogen-bond acceptors (Lipinski definition) is 2. The predicted molar refractivity (Wildman–Crippen MR) is 81.7 cm³/mol. The summed E-state index contributed by atoms with van der Waals surface area (Å²) < 4.78 is 0. The minimum absolute atomic E-state index is 0.213. The van der Waals surface area contributed by atoms with Crippen LogP contribution >= 0.6 is 11.6 Å². The average Bonchev–Trinajstić information content (AvgIpc) is 2.73. The number of halogens is 1.